The number of amides is 1. The van der Waals surface area contributed by atoms with Crippen molar-refractivity contribution in [2.45, 2.75) is 32.4 Å². The van der Waals surface area contributed by atoms with Crippen LogP contribution in [0.25, 0.3) is 0 Å². The highest BCUT2D eigenvalue weighted by atomic mass is 16.6. The lowest BCUT2D eigenvalue weighted by Gasteiger charge is -2.25. The van der Waals surface area contributed by atoms with Crippen LogP contribution in [0.4, 0.5) is 4.79 Å². The van der Waals surface area contributed by atoms with Gasteiger partial charge in [0.25, 0.3) is 0 Å². The number of likely N-dealkylation sites (tertiary alicyclic amines) is 1. The third-order valence-corrected chi connectivity index (χ3v) is 4.76. The van der Waals surface area contributed by atoms with Crippen molar-refractivity contribution in [2.24, 2.45) is 11.8 Å². The van der Waals surface area contributed by atoms with Gasteiger partial charge in [-0.25, -0.2) is 9.59 Å². The molecule has 0 bridgehead atoms. The summed E-state index contributed by atoms with van der Waals surface area (Å²) in [5.41, 5.74) is 0.869. The van der Waals surface area contributed by atoms with E-state index in [4.69, 9.17) is 9.47 Å². The largest absolute Gasteiger partial charge is 0.464 e. The van der Waals surface area contributed by atoms with Gasteiger partial charge in [-0.3, -0.25) is 9.69 Å². The van der Waals surface area contributed by atoms with E-state index < -0.39 is 18.1 Å². The zero-order chi connectivity index (χ0) is 17.1. The molecule has 1 aromatic rings. The molecule has 3 rings (SSSR count). The van der Waals surface area contributed by atoms with Gasteiger partial charge in [0.1, 0.15) is 18.4 Å². The molecular weight excluding hydrogens is 310 g/mol. The highest BCUT2D eigenvalue weighted by Crippen LogP contribution is 2.41. The molecule has 0 aromatic heterocycles. The van der Waals surface area contributed by atoms with Gasteiger partial charge in [-0.2, -0.15) is 0 Å². The second-order valence-electron chi connectivity index (χ2n) is 6.16. The predicted molar refractivity (Wildman–Crippen MR) is 85.0 cm³/mol. The van der Waals surface area contributed by atoms with Crippen LogP contribution in [0.3, 0.4) is 0 Å². The molecule has 0 N–H and O–H groups in total. The van der Waals surface area contributed by atoms with Crippen molar-refractivity contribution < 1.29 is 23.9 Å². The highest BCUT2D eigenvalue weighted by molar-refractivity contribution is 5.90. The summed E-state index contributed by atoms with van der Waals surface area (Å²) in [6.45, 7) is 2.34. The first-order valence-corrected chi connectivity index (χ1v) is 8.28. The number of hydrogen-bond acceptors (Lipinski definition) is 5. The minimum Gasteiger partial charge on any atom is -0.464 e. The third kappa shape index (κ3) is 3.13. The summed E-state index contributed by atoms with van der Waals surface area (Å²) in [7, 11) is 0. The Morgan fingerprint density at radius 3 is 2.67 bits per heavy atom. The van der Waals surface area contributed by atoms with E-state index in [0.717, 1.165) is 5.56 Å². The van der Waals surface area contributed by atoms with Crippen LogP contribution < -0.4 is 0 Å². The lowest BCUT2D eigenvalue weighted by atomic mass is 9.94. The summed E-state index contributed by atoms with van der Waals surface area (Å²) in [6, 6.07) is 8.61. The van der Waals surface area contributed by atoms with E-state index >= 15 is 0 Å². The van der Waals surface area contributed by atoms with Crippen LogP contribution in [0.15, 0.2) is 30.3 Å². The van der Waals surface area contributed by atoms with Crippen molar-refractivity contribution in [2.75, 3.05) is 13.2 Å². The van der Waals surface area contributed by atoms with Crippen LogP contribution in [0.5, 0.6) is 0 Å². The molecule has 6 heteroatoms. The van der Waals surface area contributed by atoms with Crippen LogP contribution in [-0.4, -0.2) is 41.9 Å². The van der Waals surface area contributed by atoms with Crippen molar-refractivity contribution in [3.05, 3.63) is 35.9 Å². The van der Waals surface area contributed by atoms with Crippen LogP contribution in [0.1, 0.15) is 25.3 Å². The number of carbonyl (C=O) groups is 3. The molecule has 0 radical (unpaired) electrons. The Morgan fingerprint density at radius 2 is 1.96 bits per heavy atom. The van der Waals surface area contributed by atoms with E-state index in [1.807, 2.05) is 30.3 Å². The zero-order valence-corrected chi connectivity index (χ0v) is 13.6. The first-order valence-electron chi connectivity index (χ1n) is 8.28. The molecule has 2 fully saturated rings. The smallest absolute Gasteiger partial charge is 0.410 e. The van der Waals surface area contributed by atoms with E-state index in [1.54, 1.807) is 6.92 Å². The van der Waals surface area contributed by atoms with E-state index in [2.05, 4.69) is 0 Å². The molecule has 24 heavy (non-hydrogen) atoms. The van der Waals surface area contributed by atoms with Gasteiger partial charge in [0.05, 0.1) is 6.61 Å². The topological polar surface area (TPSA) is 72.9 Å². The first-order chi connectivity index (χ1) is 11.6. The normalized spacial score (nSPS) is 25.5. The highest BCUT2D eigenvalue weighted by Gasteiger charge is 2.54. The maximum atomic E-state index is 12.5. The summed E-state index contributed by atoms with van der Waals surface area (Å²) in [4.78, 5) is 38.1. The summed E-state index contributed by atoms with van der Waals surface area (Å²) in [5, 5.41) is 0. The number of esters is 1. The van der Waals surface area contributed by atoms with E-state index in [0.29, 0.717) is 12.8 Å². The molecule has 1 aromatic carbocycles. The number of hydrogen-bond donors (Lipinski definition) is 0. The summed E-state index contributed by atoms with van der Waals surface area (Å²) < 4.78 is 10.5. The second-order valence-corrected chi connectivity index (χ2v) is 6.16. The molecule has 1 aliphatic carbocycles. The summed E-state index contributed by atoms with van der Waals surface area (Å²) in [6.07, 6.45) is 0.521. The average Bonchev–Trinajstić information content (AvgIpc) is 3.14. The van der Waals surface area contributed by atoms with Crippen molar-refractivity contribution in [1.29, 1.82) is 0 Å². The Hall–Kier alpha value is -2.37. The Morgan fingerprint density at radius 1 is 1.21 bits per heavy atom. The van der Waals surface area contributed by atoms with Crippen LogP contribution >= 0.6 is 0 Å². The molecule has 1 heterocycles. The lowest BCUT2D eigenvalue weighted by Crippen LogP contribution is -2.44. The molecule has 1 aliphatic heterocycles. The molecule has 1 saturated carbocycles. The predicted octanol–water partition coefficient (Wildman–Crippen LogP) is 2.17. The number of Topliss-reactive ketones (excluding diaryl/α,β-unsaturated/α-hetero) is 1. The number of rotatable bonds is 4. The molecule has 1 saturated heterocycles. The van der Waals surface area contributed by atoms with Crippen LogP contribution in [0.2, 0.25) is 0 Å². The van der Waals surface area contributed by atoms with Gasteiger partial charge in [-0.05, 0) is 18.9 Å². The maximum absolute atomic E-state index is 12.5. The molecule has 128 valence electrons. The van der Waals surface area contributed by atoms with Crippen molar-refractivity contribution in [3.63, 3.8) is 0 Å². The fraction of sp³-hybridized carbons (Fsp3) is 0.500. The summed E-state index contributed by atoms with van der Waals surface area (Å²) in [5.74, 6) is -0.756. The Balaban J connectivity index is 1.71. The standard InChI is InChI=1S/C18H21NO5/c1-2-23-17(21)16-13-8-9-15(20)14(13)10-19(16)18(22)24-11-12-6-4-3-5-7-12/h3-7,13-14,16H,2,8-11H2,1H3. The fourth-order valence-electron chi connectivity index (χ4n) is 3.63. The van der Waals surface area contributed by atoms with Crippen molar-refractivity contribution in [3.8, 4) is 0 Å². The van der Waals surface area contributed by atoms with Gasteiger partial charge in [-0.15, -0.1) is 0 Å². The van der Waals surface area contributed by atoms with Gasteiger partial charge in [-0.1, -0.05) is 30.3 Å². The van der Waals surface area contributed by atoms with Crippen LogP contribution in [0, 0.1) is 11.8 Å². The molecule has 3 atom stereocenters. The molecule has 2 aliphatic rings. The number of ketones is 1. The van der Waals surface area contributed by atoms with Gasteiger partial charge >= 0.3 is 12.1 Å². The molecule has 6 nitrogen and oxygen atoms in total. The molecule has 1 amide bonds. The van der Waals surface area contributed by atoms with Gasteiger partial charge in [0.2, 0.25) is 0 Å². The minimum absolute atomic E-state index is 0.118. The molecular formula is C18H21NO5. The average molecular weight is 331 g/mol. The Labute approximate surface area is 140 Å². The molecule has 0 spiro atoms. The zero-order valence-electron chi connectivity index (χ0n) is 13.6. The molecule has 3 unspecified atom stereocenters. The van der Waals surface area contributed by atoms with Gasteiger partial charge < -0.3 is 9.47 Å². The quantitative estimate of drug-likeness (QED) is 0.791. The van der Waals surface area contributed by atoms with Crippen molar-refractivity contribution in [1.82, 2.24) is 4.90 Å². The Bertz CT molecular complexity index is 630. The third-order valence-electron chi connectivity index (χ3n) is 4.76. The summed E-state index contributed by atoms with van der Waals surface area (Å²) >= 11 is 0. The number of ether oxygens (including phenoxy) is 2. The van der Waals surface area contributed by atoms with E-state index in [-0.39, 0.29) is 37.4 Å². The number of nitrogens with zero attached hydrogens (tertiary/aromatic N) is 1. The van der Waals surface area contributed by atoms with Crippen molar-refractivity contribution >= 4 is 17.8 Å². The van der Waals surface area contributed by atoms with Crippen LogP contribution in [-0.2, 0) is 25.7 Å². The van der Waals surface area contributed by atoms with E-state index in [1.165, 1.54) is 4.90 Å². The number of benzene rings is 1. The monoisotopic (exact) mass is 331 g/mol. The number of fused-ring (bicyclic) bond motifs is 1. The lowest BCUT2D eigenvalue weighted by molar-refractivity contribution is -0.149. The maximum Gasteiger partial charge on any atom is 0.410 e. The minimum atomic E-state index is -0.718. The number of carbonyl (C=O) groups excluding carboxylic acids is 3. The van der Waals surface area contributed by atoms with Gasteiger partial charge in [0, 0.05) is 24.8 Å². The SMILES string of the molecule is CCOC(=O)C1C2CCC(=O)C2CN1C(=O)OCc1ccccc1. The fourth-order valence-corrected chi connectivity index (χ4v) is 3.63. The Kier molecular flexibility index (Phi) is 4.83. The van der Waals surface area contributed by atoms with Gasteiger partial charge in [0.15, 0.2) is 0 Å². The first kappa shape index (κ1) is 16.5. The van der Waals surface area contributed by atoms with E-state index in [9.17, 15) is 14.4 Å². The second kappa shape index (κ2) is 7.03.